The molecule has 0 amide bonds. The lowest BCUT2D eigenvalue weighted by molar-refractivity contribution is -0.117. The molecule has 0 aliphatic carbocycles. The predicted octanol–water partition coefficient (Wildman–Crippen LogP) is 2.07. The highest BCUT2D eigenvalue weighted by Crippen LogP contribution is 2.17. The van der Waals surface area contributed by atoms with E-state index in [0.717, 1.165) is 23.0 Å². The van der Waals surface area contributed by atoms with E-state index in [1.165, 1.54) is 0 Å². The van der Waals surface area contributed by atoms with Crippen LogP contribution in [0.25, 0.3) is 10.9 Å². The number of rotatable bonds is 6. The second-order valence-corrected chi connectivity index (χ2v) is 4.99. The molecule has 2 rings (SSSR count). The van der Waals surface area contributed by atoms with Crippen LogP contribution in [0.15, 0.2) is 24.3 Å². The zero-order valence-corrected chi connectivity index (χ0v) is 11.8. The van der Waals surface area contributed by atoms with E-state index in [1.807, 2.05) is 36.0 Å². The van der Waals surface area contributed by atoms with Crippen molar-refractivity contribution in [2.45, 2.75) is 32.7 Å². The molecule has 1 atom stereocenters. The molecule has 0 saturated heterocycles. The minimum Gasteiger partial charge on any atom is -0.307 e. The van der Waals surface area contributed by atoms with Crippen molar-refractivity contribution in [1.29, 1.82) is 0 Å². The summed E-state index contributed by atoms with van der Waals surface area (Å²) in [5.74, 6) is 0.184. The van der Waals surface area contributed by atoms with Crippen LogP contribution in [0.1, 0.15) is 26.0 Å². The van der Waals surface area contributed by atoms with Crippen molar-refractivity contribution in [3.63, 3.8) is 0 Å². The van der Waals surface area contributed by atoms with E-state index >= 15 is 0 Å². The average Bonchev–Trinajstić information content (AvgIpc) is 2.73. The van der Waals surface area contributed by atoms with Gasteiger partial charge in [-0.15, -0.1) is 0 Å². The van der Waals surface area contributed by atoms with Gasteiger partial charge >= 0.3 is 0 Å². The van der Waals surface area contributed by atoms with Crippen molar-refractivity contribution in [3.05, 3.63) is 30.0 Å². The van der Waals surface area contributed by atoms with Gasteiger partial charge in [-0.1, -0.05) is 25.1 Å². The van der Waals surface area contributed by atoms with Crippen LogP contribution in [-0.2, 0) is 18.3 Å². The lowest BCUT2D eigenvalue weighted by atomic mass is 10.1. The van der Waals surface area contributed by atoms with Gasteiger partial charge in [-0.3, -0.25) is 9.48 Å². The first kappa shape index (κ1) is 13.7. The number of aromatic nitrogens is 2. The molecule has 1 aromatic heterocycles. The van der Waals surface area contributed by atoms with Gasteiger partial charge in [-0.25, -0.2) is 0 Å². The number of benzene rings is 1. The summed E-state index contributed by atoms with van der Waals surface area (Å²) >= 11 is 0. The predicted molar refractivity (Wildman–Crippen MR) is 77.2 cm³/mol. The standard InChI is InChI=1S/C15H21N3O/c1-4-11(2)16-10-12(19)9-14-13-7-5-6-8-15(13)18(3)17-14/h5-8,11,16H,4,9-10H2,1-3H3. The molecule has 4 heteroatoms. The molecule has 1 heterocycles. The summed E-state index contributed by atoms with van der Waals surface area (Å²) in [6, 6.07) is 8.39. The highest BCUT2D eigenvalue weighted by atomic mass is 16.1. The van der Waals surface area contributed by atoms with Crippen LogP contribution in [0.2, 0.25) is 0 Å². The van der Waals surface area contributed by atoms with Crippen LogP contribution in [0.3, 0.4) is 0 Å². The maximum Gasteiger partial charge on any atom is 0.152 e. The first-order valence-electron chi connectivity index (χ1n) is 6.77. The number of aryl methyl sites for hydroxylation is 1. The van der Waals surface area contributed by atoms with Gasteiger partial charge in [0, 0.05) is 18.5 Å². The van der Waals surface area contributed by atoms with Crippen LogP contribution in [0, 0.1) is 0 Å². The van der Waals surface area contributed by atoms with Crippen LogP contribution < -0.4 is 5.32 Å². The zero-order chi connectivity index (χ0) is 13.8. The Morgan fingerprint density at radius 3 is 2.89 bits per heavy atom. The second kappa shape index (κ2) is 5.97. The number of hydrogen-bond donors (Lipinski definition) is 1. The number of para-hydroxylation sites is 1. The number of carbonyl (C=O) groups is 1. The van der Waals surface area contributed by atoms with Gasteiger partial charge < -0.3 is 5.32 Å². The maximum atomic E-state index is 12.0. The molecule has 1 unspecified atom stereocenters. The molecule has 19 heavy (non-hydrogen) atoms. The van der Waals surface area contributed by atoms with Gasteiger partial charge in [0.2, 0.25) is 0 Å². The third-order valence-electron chi connectivity index (χ3n) is 3.46. The van der Waals surface area contributed by atoms with Crippen molar-refractivity contribution in [1.82, 2.24) is 15.1 Å². The topological polar surface area (TPSA) is 46.9 Å². The third-order valence-corrected chi connectivity index (χ3v) is 3.46. The van der Waals surface area contributed by atoms with E-state index in [2.05, 4.69) is 24.3 Å². The number of hydrogen-bond acceptors (Lipinski definition) is 3. The third kappa shape index (κ3) is 3.20. The van der Waals surface area contributed by atoms with Crippen LogP contribution in [0.4, 0.5) is 0 Å². The zero-order valence-electron chi connectivity index (χ0n) is 11.8. The minimum absolute atomic E-state index is 0.184. The lowest BCUT2D eigenvalue weighted by Gasteiger charge is -2.09. The molecule has 0 fully saturated rings. The summed E-state index contributed by atoms with van der Waals surface area (Å²) in [7, 11) is 1.91. The fourth-order valence-electron chi connectivity index (χ4n) is 2.10. The molecule has 0 spiro atoms. The monoisotopic (exact) mass is 259 g/mol. The van der Waals surface area contributed by atoms with E-state index in [-0.39, 0.29) is 5.78 Å². The average molecular weight is 259 g/mol. The SMILES string of the molecule is CCC(C)NCC(=O)Cc1nn(C)c2ccccc12. The summed E-state index contributed by atoms with van der Waals surface area (Å²) in [6.07, 6.45) is 1.42. The Bertz CT molecular complexity index is 574. The molecule has 0 radical (unpaired) electrons. The van der Waals surface area contributed by atoms with Crippen molar-refractivity contribution in [2.75, 3.05) is 6.54 Å². The first-order chi connectivity index (χ1) is 9.11. The Hall–Kier alpha value is -1.68. The highest BCUT2D eigenvalue weighted by Gasteiger charge is 2.12. The molecule has 0 bridgehead atoms. The van der Waals surface area contributed by atoms with Gasteiger partial charge in [-0.05, 0) is 19.4 Å². The van der Waals surface area contributed by atoms with Gasteiger partial charge in [0.05, 0.1) is 24.2 Å². The fourth-order valence-corrected chi connectivity index (χ4v) is 2.10. The number of ketones is 1. The molecule has 1 N–H and O–H groups in total. The molecule has 0 aliphatic rings. The Kier molecular flexibility index (Phi) is 4.32. The van der Waals surface area contributed by atoms with Gasteiger partial charge in [0.25, 0.3) is 0 Å². The Morgan fingerprint density at radius 1 is 1.42 bits per heavy atom. The number of nitrogens with one attached hydrogen (secondary N) is 1. The fraction of sp³-hybridized carbons (Fsp3) is 0.467. The summed E-state index contributed by atoms with van der Waals surface area (Å²) in [5, 5.41) is 8.74. The Labute approximate surface area is 113 Å². The smallest absolute Gasteiger partial charge is 0.152 e. The molecule has 102 valence electrons. The molecule has 2 aromatic rings. The van der Waals surface area contributed by atoms with Gasteiger partial charge in [-0.2, -0.15) is 5.10 Å². The summed E-state index contributed by atoms with van der Waals surface area (Å²) in [5.41, 5.74) is 1.94. The van der Waals surface area contributed by atoms with E-state index in [4.69, 9.17) is 0 Å². The van der Waals surface area contributed by atoms with Crippen LogP contribution >= 0.6 is 0 Å². The summed E-state index contributed by atoms with van der Waals surface area (Å²) in [6.45, 7) is 4.61. The first-order valence-corrected chi connectivity index (χ1v) is 6.77. The van der Waals surface area contributed by atoms with Crippen LogP contribution in [-0.4, -0.2) is 28.2 Å². The quantitative estimate of drug-likeness (QED) is 0.864. The molecule has 0 saturated carbocycles. The minimum atomic E-state index is 0.184. The van der Waals surface area contributed by atoms with E-state index < -0.39 is 0 Å². The van der Waals surface area contributed by atoms with E-state index in [0.29, 0.717) is 19.0 Å². The number of fused-ring (bicyclic) bond motifs is 1. The maximum absolute atomic E-state index is 12.0. The van der Waals surface area contributed by atoms with E-state index in [1.54, 1.807) is 0 Å². The summed E-state index contributed by atoms with van der Waals surface area (Å²) in [4.78, 5) is 12.0. The highest BCUT2D eigenvalue weighted by molar-refractivity contribution is 5.89. The molecular formula is C15H21N3O. The number of nitrogens with zero attached hydrogens (tertiary/aromatic N) is 2. The van der Waals surface area contributed by atoms with Crippen LogP contribution in [0.5, 0.6) is 0 Å². The molecular weight excluding hydrogens is 238 g/mol. The molecule has 4 nitrogen and oxygen atoms in total. The largest absolute Gasteiger partial charge is 0.307 e. The van der Waals surface area contributed by atoms with Gasteiger partial charge in [0.1, 0.15) is 0 Å². The summed E-state index contributed by atoms with van der Waals surface area (Å²) < 4.78 is 1.83. The van der Waals surface area contributed by atoms with E-state index in [9.17, 15) is 4.79 Å². The second-order valence-electron chi connectivity index (χ2n) is 4.99. The van der Waals surface area contributed by atoms with Gasteiger partial charge in [0.15, 0.2) is 5.78 Å². The Morgan fingerprint density at radius 2 is 2.16 bits per heavy atom. The molecule has 1 aromatic carbocycles. The number of Topliss-reactive ketones (excluding diaryl/α,β-unsaturated/α-hetero) is 1. The van der Waals surface area contributed by atoms with Crippen molar-refractivity contribution >= 4 is 16.7 Å². The Balaban J connectivity index is 2.07. The van der Waals surface area contributed by atoms with Crippen molar-refractivity contribution in [2.24, 2.45) is 7.05 Å². The number of carbonyl (C=O) groups excluding carboxylic acids is 1. The van der Waals surface area contributed by atoms with Crippen molar-refractivity contribution in [3.8, 4) is 0 Å². The molecule has 0 aliphatic heterocycles. The lowest BCUT2D eigenvalue weighted by Crippen LogP contribution is -2.31. The van der Waals surface area contributed by atoms with Crippen molar-refractivity contribution < 1.29 is 4.79 Å². The normalized spacial score (nSPS) is 12.8.